The topological polar surface area (TPSA) is 108 Å². The molecule has 0 spiro atoms. The number of aromatic nitrogens is 2. The first-order chi connectivity index (χ1) is 13.8. The van der Waals surface area contributed by atoms with Crippen molar-refractivity contribution in [1.82, 2.24) is 19.8 Å². The largest absolute Gasteiger partial charge is 0.501 e. The van der Waals surface area contributed by atoms with E-state index in [-0.39, 0.29) is 29.9 Å². The normalized spacial score (nSPS) is 14.0. The molecule has 0 radical (unpaired) electrons. The van der Waals surface area contributed by atoms with Gasteiger partial charge in [-0.1, -0.05) is 12.1 Å². The standard InChI is InChI=1S/C19H22FN5O4/c1-12(26)24-7-9-25(10-8-24)19-22-15(16(27)18(29)23(19)2)17(28)21-11-13-3-5-14(20)6-4-13/h3-6,27H,7-11H2,1-2H3,(H,21,28). The summed E-state index contributed by atoms with van der Waals surface area (Å²) in [5.41, 5.74) is -0.459. The predicted octanol–water partition coefficient (Wildman–Crippen LogP) is 0.223. The predicted molar refractivity (Wildman–Crippen MR) is 103 cm³/mol. The van der Waals surface area contributed by atoms with E-state index in [1.54, 1.807) is 9.80 Å². The molecule has 2 N–H and O–H groups in total. The summed E-state index contributed by atoms with van der Waals surface area (Å²) in [6, 6.07) is 5.59. The lowest BCUT2D eigenvalue weighted by Crippen LogP contribution is -2.49. The molecule has 0 bridgehead atoms. The number of halogens is 1. The molecule has 154 valence electrons. The molecule has 1 aliphatic heterocycles. The Bertz CT molecular complexity index is 981. The third kappa shape index (κ3) is 4.36. The Morgan fingerprint density at radius 2 is 1.79 bits per heavy atom. The van der Waals surface area contributed by atoms with Crippen molar-refractivity contribution in [3.63, 3.8) is 0 Å². The van der Waals surface area contributed by atoms with Gasteiger partial charge in [-0.25, -0.2) is 9.37 Å². The summed E-state index contributed by atoms with van der Waals surface area (Å²) in [7, 11) is 1.46. The van der Waals surface area contributed by atoms with Crippen molar-refractivity contribution in [2.45, 2.75) is 13.5 Å². The zero-order chi connectivity index (χ0) is 21.1. The lowest BCUT2D eigenvalue weighted by atomic mass is 10.2. The van der Waals surface area contributed by atoms with Crippen molar-refractivity contribution in [1.29, 1.82) is 0 Å². The van der Waals surface area contributed by atoms with Crippen molar-refractivity contribution in [2.75, 3.05) is 31.1 Å². The average molecular weight is 403 g/mol. The highest BCUT2D eigenvalue weighted by Crippen LogP contribution is 2.17. The van der Waals surface area contributed by atoms with Gasteiger partial charge >= 0.3 is 0 Å². The number of anilines is 1. The lowest BCUT2D eigenvalue weighted by Gasteiger charge is -2.35. The molecule has 9 nitrogen and oxygen atoms in total. The number of amides is 2. The molecular weight excluding hydrogens is 381 g/mol. The van der Waals surface area contributed by atoms with E-state index >= 15 is 0 Å². The van der Waals surface area contributed by atoms with Crippen LogP contribution >= 0.6 is 0 Å². The summed E-state index contributed by atoms with van der Waals surface area (Å²) in [6.07, 6.45) is 0. The Morgan fingerprint density at radius 1 is 1.17 bits per heavy atom. The van der Waals surface area contributed by atoms with Gasteiger partial charge in [0.05, 0.1) is 0 Å². The highest BCUT2D eigenvalue weighted by atomic mass is 19.1. The maximum Gasteiger partial charge on any atom is 0.297 e. The molecule has 1 aliphatic rings. The molecule has 1 saturated heterocycles. The smallest absolute Gasteiger partial charge is 0.297 e. The van der Waals surface area contributed by atoms with E-state index < -0.39 is 17.2 Å². The van der Waals surface area contributed by atoms with Gasteiger partial charge < -0.3 is 20.2 Å². The van der Waals surface area contributed by atoms with Crippen LogP contribution in [0, 0.1) is 5.82 Å². The number of carbonyl (C=O) groups is 2. The Hall–Kier alpha value is -3.43. The molecular formula is C19H22FN5O4. The van der Waals surface area contributed by atoms with Gasteiger partial charge in [-0.15, -0.1) is 0 Å². The minimum absolute atomic E-state index is 0.0296. The average Bonchev–Trinajstić information content (AvgIpc) is 2.72. The van der Waals surface area contributed by atoms with Crippen LogP contribution in [0.1, 0.15) is 23.0 Å². The first kappa shape index (κ1) is 20.3. The maximum atomic E-state index is 13.0. The van der Waals surface area contributed by atoms with Crippen LogP contribution in [0.2, 0.25) is 0 Å². The van der Waals surface area contributed by atoms with Crippen LogP contribution in [0.25, 0.3) is 0 Å². The van der Waals surface area contributed by atoms with E-state index in [0.29, 0.717) is 31.7 Å². The maximum absolute atomic E-state index is 13.0. The highest BCUT2D eigenvalue weighted by molar-refractivity contribution is 5.95. The van der Waals surface area contributed by atoms with Crippen LogP contribution in [0.5, 0.6) is 5.75 Å². The molecule has 0 saturated carbocycles. The third-order valence-corrected chi connectivity index (χ3v) is 4.83. The van der Waals surface area contributed by atoms with Gasteiger partial charge in [0.25, 0.3) is 11.5 Å². The van der Waals surface area contributed by atoms with Gasteiger partial charge in [-0.2, -0.15) is 0 Å². The fraction of sp³-hybridized carbons (Fsp3) is 0.368. The second-order valence-corrected chi connectivity index (χ2v) is 6.78. The second-order valence-electron chi connectivity index (χ2n) is 6.78. The van der Waals surface area contributed by atoms with Crippen LogP contribution < -0.4 is 15.8 Å². The van der Waals surface area contributed by atoms with Crippen LogP contribution in [0.4, 0.5) is 10.3 Å². The van der Waals surface area contributed by atoms with Gasteiger partial charge in [-0.05, 0) is 17.7 Å². The van der Waals surface area contributed by atoms with Crippen molar-refractivity contribution in [2.24, 2.45) is 7.05 Å². The number of hydrogen-bond acceptors (Lipinski definition) is 6. The van der Waals surface area contributed by atoms with E-state index in [2.05, 4.69) is 10.3 Å². The summed E-state index contributed by atoms with van der Waals surface area (Å²) >= 11 is 0. The van der Waals surface area contributed by atoms with E-state index in [0.717, 1.165) is 0 Å². The number of carbonyl (C=O) groups excluding carboxylic acids is 2. The number of aromatic hydroxyl groups is 1. The second kappa shape index (κ2) is 8.29. The number of benzene rings is 1. The number of nitrogens with one attached hydrogen (secondary N) is 1. The number of nitrogens with zero attached hydrogens (tertiary/aromatic N) is 4. The van der Waals surface area contributed by atoms with Gasteiger partial charge in [0.1, 0.15) is 5.82 Å². The molecule has 0 atom stereocenters. The fourth-order valence-electron chi connectivity index (χ4n) is 3.11. The molecule has 2 amide bonds. The van der Waals surface area contributed by atoms with Crippen molar-refractivity contribution in [3.8, 4) is 5.75 Å². The van der Waals surface area contributed by atoms with E-state index in [4.69, 9.17) is 0 Å². The SMILES string of the molecule is CC(=O)N1CCN(c2nc(C(=O)NCc3ccc(F)cc3)c(O)c(=O)n2C)CC1. The first-order valence-electron chi connectivity index (χ1n) is 9.11. The first-order valence-corrected chi connectivity index (χ1v) is 9.11. The number of hydrogen-bond donors (Lipinski definition) is 2. The summed E-state index contributed by atoms with van der Waals surface area (Å²) in [6.45, 7) is 3.41. The Morgan fingerprint density at radius 3 is 2.38 bits per heavy atom. The summed E-state index contributed by atoms with van der Waals surface area (Å²) in [4.78, 5) is 44.1. The van der Waals surface area contributed by atoms with Crippen LogP contribution in [-0.2, 0) is 18.4 Å². The summed E-state index contributed by atoms with van der Waals surface area (Å²) < 4.78 is 14.2. The minimum atomic E-state index is -0.741. The van der Waals surface area contributed by atoms with Crippen LogP contribution in [-0.4, -0.2) is 57.6 Å². The molecule has 10 heteroatoms. The molecule has 3 rings (SSSR count). The van der Waals surface area contributed by atoms with Gasteiger partial charge in [0, 0.05) is 46.7 Å². The molecule has 2 heterocycles. The molecule has 0 aliphatic carbocycles. The lowest BCUT2D eigenvalue weighted by molar-refractivity contribution is -0.129. The molecule has 2 aromatic rings. The zero-order valence-electron chi connectivity index (χ0n) is 16.2. The molecule has 1 aromatic carbocycles. The van der Waals surface area contributed by atoms with Crippen LogP contribution in [0.15, 0.2) is 29.1 Å². The highest BCUT2D eigenvalue weighted by Gasteiger charge is 2.25. The number of rotatable bonds is 4. The Balaban J connectivity index is 1.80. The van der Waals surface area contributed by atoms with Crippen molar-refractivity contribution < 1.29 is 19.1 Å². The van der Waals surface area contributed by atoms with Crippen molar-refractivity contribution in [3.05, 3.63) is 51.7 Å². The zero-order valence-corrected chi connectivity index (χ0v) is 16.2. The summed E-state index contributed by atoms with van der Waals surface area (Å²) in [5, 5.41) is 12.7. The van der Waals surface area contributed by atoms with Crippen molar-refractivity contribution >= 4 is 17.8 Å². The van der Waals surface area contributed by atoms with E-state index in [1.807, 2.05) is 0 Å². The molecule has 29 heavy (non-hydrogen) atoms. The van der Waals surface area contributed by atoms with Crippen LogP contribution in [0.3, 0.4) is 0 Å². The quantitative estimate of drug-likeness (QED) is 0.757. The minimum Gasteiger partial charge on any atom is -0.501 e. The van der Waals surface area contributed by atoms with E-state index in [1.165, 1.54) is 42.8 Å². The van der Waals surface area contributed by atoms with Gasteiger partial charge in [-0.3, -0.25) is 19.0 Å². The monoisotopic (exact) mass is 403 g/mol. The van der Waals surface area contributed by atoms with Gasteiger partial charge in [0.2, 0.25) is 17.6 Å². The van der Waals surface area contributed by atoms with E-state index in [9.17, 15) is 23.9 Å². The molecule has 0 unspecified atom stereocenters. The molecule has 1 fully saturated rings. The summed E-state index contributed by atoms with van der Waals surface area (Å²) in [5.74, 6) is -1.63. The number of piperazine rings is 1. The fourth-order valence-corrected chi connectivity index (χ4v) is 3.11. The molecule has 1 aromatic heterocycles. The third-order valence-electron chi connectivity index (χ3n) is 4.83. The Kier molecular flexibility index (Phi) is 5.81. The Labute approximate surface area is 166 Å². The van der Waals surface area contributed by atoms with Gasteiger partial charge in [0.15, 0.2) is 5.69 Å².